The van der Waals surface area contributed by atoms with Crippen molar-refractivity contribution in [1.82, 2.24) is 14.7 Å². The van der Waals surface area contributed by atoms with Gasteiger partial charge in [0.1, 0.15) is 6.04 Å². The number of hydrogen-bond donors (Lipinski definition) is 1. The standard InChI is InChI=1S/C16H30N4O/c1-12(2)6-8-20(9-7-13(3)4)16(21)15(17)14-10-18-19(5)11-14/h10-13,15H,6-9,17H2,1-5H3. The SMILES string of the molecule is CC(C)CCN(CCC(C)C)C(=O)C(N)c1cnn(C)c1. The zero-order valence-corrected chi connectivity index (χ0v) is 14.0. The van der Waals surface area contributed by atoms with Gasteiger partial charge in [-0.2, -0.15) is 5.10 Å². The summed E-state index contributed by atoms with van der Waals surface area (Å²) < 4.78 is 1.68. The molecule has 0 bridgehead atoms. The first-order valence-corrected chi connectivity index (χ1v) is 7.84. The highest BCUT2D eigenvalue weighted by atomic mass is 16.2. The van der Waals surface area contributed by atoms with Gasteiger partial charge in [0.2, 0.25) is 5.91 Å². The van der Waals surface area contributed by atoms with Crippen molar-refractivity contribution in [3.8, 4) is 0 Å². The number of amides is 1. The van der Waals surface area contributed by atoms with Gasteiger partial charge in [-0.15, -0.1) is 0 Å². The Morgan fingerprint density at radius 2 is 1.76 bits per heavy atom. The van der Waals surface area contributed by atoms with E-state index in [2.05, 4.69) is 32.8 Å². The molecule has 0 saturated carbocycles. The highest BCUT2D eigenvalue weighted by Gasteiger charge is 2.23. The van der Waals surface area contributed by atoms with Crippen molar-refractivity contribution >= 4 is 5.91 Å². The van der Waals surface area contributed by atoms with Gasteiger partial charge in [-0.25, -0.2) is 0 Å². The molecule has 1 atom stereocenters. The van der Waals surface area contributed by atoms with Gasteiger partial charge in [0.25, 0.3) is 0 Å². The van der Waals surface area contributed by atoms with Gasteiger partial charge in [0.15, 0.2) is 0 Å². The fourth-order valence-corrected chi connectivity index (χ4v) is 2.10. The fraction of sp³-hybridized carbons (Fsp3) is 0.750. The third-order valence-corrected chi connectivity index (χ3v) is 3.61. The van der Waals surface area contributed by atoms with E-state index in [-0.39, 0.29) is 5.91 Å². The molecule has 0 aromatic carbocycles. The summed E-state index contributed by atoms with van der Waals surface area (Å²) in [4.78, 5) is 14.6. The number of rotatable bonds is 8. The molecule has 1 unspecified atom stereocenters. The molecule has 1 aromatic rings. The fourth-order valence-electron chi connectivity index (χ4n) is 2.10. The molecule has 0 spiro atoms. The van der Waals surface area contributed by atoms with E-state index in [1.807, 2.05) is 18.1 Å². The summed E-state index contributed by atoms with van der Waals surface area (Å²) in [6.07, 6.45) is 5.49. The number of aryl methyl sites for hydroxylation is 1. The lowest BCUT2D eigenvalue weighted by atomic mass is 10.1. The minimum Gasteiger partial charge on any atom is -0.341 e. The molecule has 0 aliphatic heterocycles. The molecule has 1 heterocycles. The summed E-state index contributed by atoms with van der Waals surface area (Å²) in [5.41, 5.74) is 6.90. The topological polar surface area (TPSA) is 64.2 Å². The van der Waals surface area contributed by atoms with Gasteiger partial charge in [-0.3, -0.25) is 9.48 Å². The highest BCUT2D eigenvalue weighted by molar-refractivity contribution is 5.82. The summed E-state index contributed by atoms with van der Waals surface area (Å²) in [6.45, 7) is 10.2. The molecule has 21 heavy (non-hydrogen) atoms. The lowest BCUT2D eigenvalue weighted by Crippen LogP contribution is -2.40. The summed E-state index contributed by atoms with van der Waals surface area (Å²) in [6, 6.07) is -0.613. The van der Waals surface area contributed by atoms with Crippen molar-refractivity contribution < 1.29 is 4.79 Å². The Kier molecular flexibility index (Phi) is 6.89. The average molecular weight is 294 g/mol. The number of nitrogens with two attached hydrogens (primary N) is 1. The Morgan fingerprint density at radius 1 is 1.24 bits per heavy atom. The van der Waals surface area contributed by atoms with E-state index >= 15 is 0 Å². The van der Waals surface area contributed by atoms with Crippen LogP contribution in [0, 0.1) is 11.8 Å². The molecule has 0 aliphatic carbocycles. The van der Waals surface area contributed by atoms with Gasteiger partial charge >= 0.3 is 0 Å². The minimum atomic E-state index is -0.613. The van der Waals surface area contributed by atoms with Crippen molar-refractivity contribution in [2.45, 2.75) is 46.6 Å². The molecule has 5 nitrogen and oxygen atoms in total. The summed E-state index contributed by atoms with van der Waals surface area (Å²) in [5.74, 6) is 1.16. The number of carbonyl (C=O) groups is 1. The Balaban J connectivity index is 2.72. The molecule has 120 valence electrons. The normalized spacial score (nSPS) is 13.0. The van der Waals surface area contributed by atoms with Crippen molar-refractivity contribution in [3.63, 3.8) is 0 Å². The molecule has 0 radical (unpaired) electrons. The summed E-state index contributed by atoms with van der Waals surface area (Å²) >= 11 is 0. The van der Waals surface area contributed by atoms with Crippen LogP contribution < -0.4 is 5.73 Å². The quantitative estimate of drug-likeness (QED) is 0.800. The van der Waals surface area contributed by atoms with Gasteiger partial charge in [-0.1, -0.05) is 27.7 Å². The average Bonchev–Trinajstić information content (AvgIpc) is 2.83. The molecule has 0 fully saturated rings. The Bertz CT molecular complexity index is 427. The predicted molar refractivity (Wildman–Crippen MR) is 85.6 cm³/mol. The van der Waals surface area contributed by atoms with Crippen molar-refractivity contribution in [3.05, 3.63) is 18.0 Å². The van der Waals surface area contributed by atoms with E-state index in [0.717, 1.165) is 31.5 Å². The second-order valence-corrected chi connectivity index (χ2v) is 6.62. The first-order chi connectivity index (χ1) is 9.81. The van der Waals surface area contributed by atoms with E-state index in [1.54, 1.807) is 10.9 Å². The first kappa shape index (κ1) is 17.7. The minimum absolute atomic E-state index is 0.00398. The van der Waals surface area contributed by atoms with Crippen molar-refractivity contribution in [1.29, 1.82) is 0 Å². The second kappa shape index (κ2) is 8.17. The van der Waals surface area contributed by atoms with E-state index in [4.69, 9.17) is 5.73 Å². The monoisotopic (exact) mass is 294 g/mol. The van der Waals surface area contributed by atoms with Crippen LogP contribution in [0.1, 0.15) is 52.1 Å². The van der Waals surface area contributed by atoms with Gasteiger partial charge in [0.05, 0.1) is 6.20 Å². The maximum Gasteiger partial charge on any atom is 0.244 e. The molecule has 1 amide bonds. The van der Waals surface area contributed by atoms with E-state index in [0.29, 0.717) is 11.8 Å². The van der Waals surface area contributed by atoms with E-state index in [1.165, 1.54) is 0 Å². The van der Waals surface area contributed by atoms with Gasteiger partial charge in [0, 0.05) is 31.9 Å². The van der Waals surface area contributed by atoms with Crippen LogP contribution >= 0.6 is 0 Å². The Morgan fingerprint density at radius 3 is 2.14 bits per heavy atom. The van der Waals surface area contributed by atoms with Crippen molar-refractivity contribution in [2.75, 3.05) is 13.1 Å². The lowest BCUT2D eigenvalue weighted by Gasteiger charge is -2.27. The van der Waals surface area contributed by atoms with Crippen LogP contribution in [0.5, 0.6) is 0 Å². The first-order valence-electron chi connectivity index (χ1n) is 7.84. The molecule has 0 saturated heterocycles. The molecule has 2 N–H and O–H groups in total. The number of nitrogens with zero attached hydrogens (tertiary/aromatic N) is 3. The second-order valence-electron chi connectivity index (χ2n) is 6.62. The van der Waals surface area contributed by atoms with Crippen LogP contribution in [0.25, 0.3) is 0 Å². The Hall–Kier alpha value is -1.36. The van der Waals surface area contributed by atoms with Crippen LogP contribution in [0.4, 0.5) is 0 Å². The molecule has 1 rings (SSSR count). The lowest BCUT2D eigenvalue weighted by molar-refractivity contribution is -0.133. The molecular formula is C16H30N4O. The molecule has 0 aliphatic rings. The predicted octanol–water partition coefficient (Wildman–Crippen LogP) is 2.34. The maximum absolute atomic E-state index is 12.6. The zero-order chi connectivity index (χ0) is 16.0. The number of carbonyl (C=O) groups excluding carboxylic acids is 1. The van der Waals surface area contributed by atoms with Gasteiger partial charge < -0.3 is 10.6 Å². The Labute approximate surface area is 128 Å². The van der Waals surface area contributed by atoms with Crippen LogP contribution in [0.2, 0.25) is 0 Å². The van der Waals surface area contributed by atoms with E-state index in [9.17, 15) is 4.79 Å². The maximum atomic E-state index is 12.6. The van der Waals surface area contributed by atoms with Crippen LogP contribution in [0.15, 0.2) is 12.4 Å². The smallest absolute Gasteiger partial charge is 0.244 e. The van der Waals surface area contributed by atoms with E-state index < -0.39 is 6.04 Å². The highest BCUT2D eigenvalue weighted by Crippen LogP contribution is 2.15. The molecule has 5 heteroatoms. The largest absolute Gasteiger partial charge is 0.341 e. The van der Waals surface area contributed by atoms with Crippen LogP contribution in [-0.4, -0.2) is 33.7 Å². The summed E-state index contributed by atoms with van der Waals surface area (Å²) in [5, 5.41) is 4.09. The third-order valence-electron chi connectivity index (χ3n) is 3.61. The van der Waals surface area contributed by atoms with Crippen LogP contribution in [-0.2, 0) is 11.8 Å². The zero-order valence-electron chi connectivity index (χ0n) is 14.0. The van der Waals surface area contributed by atoms with Crippen LogP contribution in [0.3, 0.4) is 0 Å². The van der Waals surface area contributed by atoms with Gasteiger partial charge in [-0.05, 0) is 24.7 Å². The molecule has 1 aromatic heterocycles. The van der Waals surface area contributed by atoms with Crippen molar-refractivity contribution in [2.24, 2.45) is 24.6 Å². The number of hydrogen-bond acceptors (Lipinski definition) is 3. The summed E-state index contributed by atoms with van der Waals surface area (Å²) in [7, 11) is 1.83. The number of aromatic nitrogens is 2. The molecular weight excluding hydrogens is 264 g/mol. The third kappa shape index (κ3) is 5.87.